The second-order valence-electron chi connectivity index (χ2n) is 5.10. The minimum absolute atomic E-state index is 0.0839. The number of hydrogen-bond donors (Lipinski definition) is 0. The highest BCUT2D eigenvalue weighted by Crippen LogP contribution is 2.58. The standard InChI is InChI=1S/C9H18O2S/c1-8(2,3)9(5-6-9)7-12(4,10)11/h5-7H2,1-4H3. The van der Waals surface area contributed by atoms with Gasteiger partial charge in [-0.2, -0.15) is 0 Å². The van der Waals surface area contributed by atoms with Gasteiger partial charge >= 0.3 is 0 Å². The van der Waals surface area contributed by atoms with Gasteiger partial charge < -0.3 is 0 Å². The predicted octanol–water partition coefficient (Wildman–Crippen LogP) is 1.86. The van der Waals surface area contributed by atoms with E-state index in [-0.39, 0.29) is 10.8 Å². The summed E-state index contributed by atoms with van der Waals surface area (Å²) in [5.41, 5.74) is 0.219. The van der Waals surface area contributed by atoms with Crippen molar-refractivity contribution in [2.24, 2.45) is 10.8 Å². The SMILES string of the molecule is CC(C)(C)C1(CS(C)(=O)=O)CC1. The Labute approximate surface area is 75.3 Å². The van der Waals surface area contributed by atoms with Gasteiger partial charge in [0.2, 0.25) is 0 Å². The van der Waals surface area contributed by atoms with Crippen molar-refractivity contribution in [1.82, 2.24) is 0 Å². The molecule has 0 saturated heterocycles. The maximum absolute atomic E-state index is 11.1. The molecule has 0 aromatic heterocycles. The zero-order chi connectivity index (χ0) is 9.62. The first kappa shape index (κ1) is 10.0. The van der Waals surface area contributed by atoms with E-state index in [2.05, 4.69) is 20.8 Å². The molecule has 0 amide bonds. The summed E-state index contributed by atoms with van der Waals surface area (Å²) in [5.74, 6) is 0.365. The molecule has 0 atom stereocenters. The Bertz CT molecular complexity index is 265. The lowest BCUT2D eigenvalue weighted by molar-refractivity contribution is 0.239. The molecule has 1 fully saturated rings. The minimum atomic E-state index is -2.80. The van der Waals surface area contributed by atoms with Crippen molar-refractivity contribution in [3.05, 3.63) is 0 Å². The zero-order valence-electron chi connectivity index (χ0n) is 8.35. The van der Waals surface area contributed by atoms with Crippen molar-refractivity contribution in [2.45, 2.75) is 33.6 Å². The first-order valence-electron chi connectivity index (χ1n) is 4.34. The van der Waals surface area contributed by atoms with Crippen molar-refractivity contribution in [1.29, 1.82) is 0 Å². The van der Waals surface area contributed by atoms with Crippen LogP contribution in [0.15, 0.2) is 0 Å². The molecule has 2 nitrogen and oxygen atoms in total. The molecule has 0 unspecified atom stereocenters. The van der Waals surface area contributed by atoms with Crippen LogP contribution in [-0.2, 0) is 9.84 Å². The summed E-state index contributed by atoms with van der Waals surface area (Å²) in [5, 5.41) is 0. The summed E-state index contributed by atoms with van der Waals surface area (Å²) < 4.78 is 22.3. The topological polar surface area (TPSA) is 34.1 Å². The van der Waals surface area contributed by atoms with Gasteiger partial charge in [0.15, 0.2) is 0 Å². The molecule has 1 saturated carbocycles. The third kappa shape index (κ3) is 2.00. The number of sulfone groups is 1. The highest BCUT2D eigenvalue weighted by Gasteiger charge is 2.53. The van der Waals surface area contributed by atoms with E-state index in [0.29, 0.717) is 5.75 Å². The van der Waals surface area contributed by atoms with Crippen LogP contribution in [0.25, 0.3) is 0 Å². The zero-order valence-corrected chi connectivity index (χ0v) is 9.16. The van der Waals surface area contributed by atoms with E-state index in [9.17, 15) is 8.42 Å². The van der Waals surface area contributed by atoms with Gasteiger partial charge in [0.1, 0.15) is 9.84 Å². The third-order valence-electron chi connectivity index (χ3n) is 2.98. The molecule has 0 spiro atoms. The molecule has 1 aliphatic rings. The van der Waals surface area contributed by atoms with Gasteiger partial charge in [-0.15, -0.1) is 0 Å². The second-order valence-corrected chi connectivity index (χ2v) is 7.24. The molecule has 0 aromatic carbocycles. The van der Waals surface area contributed by atoms with Gasteiger partial charge in [0.05, 0.1) is 5.75 Å². The average Bonchev–Trinajstić information content (AvgIpc) is 2.39. The lowest BCUT2D eigenvalue weighted by Crippen LogP contribution is -2.29. The van der Waals surface area contributed by atoms with Gasteiger partial charge in [-0.1, -0.05) is 20.8 Å². The number of hydrogen-bond acceptors (Lipinski definition) is 2. The molecule has 72 valence electrons. The fourth-order valence-corrected chi connectivity index (χ4v) is 3.49. The Morgan fingerprint density at radius 2 is 1.67 bits per heavy atom. The van der Waals surface area contributed by atoms with Crippen molar-refractivity contribution in [2.75, 3.05) is 12.0 Å². The van der Waals surface area contributed by atoms with Crippen LogP contribution in [0, 0.1) is 10.8 Å². The third-order valence-corrected chi connectivity index (χ3v) is 4.06. The monoisotopic (exact) mass is 190 g/mol. The minimum Gasteiger partial charge on any atom is -0.229 e. The van der Waals surface area contributed by atoms with Crippen LogP contribution in [0.2, 0.25) is 0 Å². The van der Waals surface area contributed by atoms with E-state index in [0.717, 1.165) is 12.8 Å². The van der Waals surface area contributed by atoms with Crippen molar-refractivity contribution in [3.8, 4) is 0 Å². The molecule has 0 aromatic rings. The normalized spacial score (nSPS) is 22.3. The fourth-order valence-electron chi connectivity index (χ4n) is 1.76. The molecule has 0 radical (unpaired) electrons. The van der Waals surface area contributed by atoms with Crippen LogP contribution in [0.1, 0.15) is 33.6 Å². The molecule has 0 heterocycles. The Morgan fingerprint density at radius 1 is 1.25 bits per heavy atom. The predicted molar refractivity (Wildman–Crippen MR) is 50.8 cm³/mol. The summed E-state index contributed by atoms with van der Waals surface area (Å²) in [6.07, 6.45) is 3.48. The summed E-state index contributed by atoms with van der Waals surface area (Å²) >= 11 is 0. The van der Waals surface area contributed by atoms with Crippen molar-refractivity contribution >= 4 is 9.84 Å². The van der Waals surface area contributed by atoms with Crippen molar-refractivity contribution < 1.29 is 8.42 Å². The van der Waals surface area contributed by atoms with E-state index >= 15 is 0 Å². The van der Waals surface area contributed by atoms with Gasteiger partial charge in [0, 0.05) is 6.26 Å². The summed E-state index contributed by atoms with van der Waals surface area (Å²) in [4.78, 5) is 0. The summed E-state index contributed by atoms with van der Waals surface area (Å²) in [6, 6.07) is 0. The smallest absolute Gasteiger partial charge is 0.148 e. The summed E-state index contributed by atoms with van der Waals surface area (Å²) in [6.45, 7) is 6.39. The van der Waals surface area contributed by atoms with Crippen LogP contribution in [-0.4, -0.2) is 20.4 Å². The molecule has 3 heteroatoms. The lowest BCUT2D eigenvalue weighted by Gasteiger charge is -2.30. The number of rotatable bonds is 2. The Morgan fingerprint density at radius 3 is 1.75 bits per heavy atom. The van der Waals surface area contributed by atoms with Crippen LogP contribution < -0.4 is 0 Å². The average molecular weight is 190 g/mol. The maximum atomic E-state index is 11.1. The van der Waals surface area contributed by atoms with E-state index in [1.54, 1.807) is 0 Å². The molecule has 12 heavy (non-hydrogen) atoms. The molecular weight excluding hydrogens is 172 g/mol. The van der Waals surface area contributed by atoms with E-state index < -0.39 is 9.84 Å². The first-order valence-corrected chi connectivity index (χ1v) is 6.40. The van der Waals surface area contributed by atoms with Gasteiger partial charge in [-0.25, -0.2) is 8.42 Å². The van der Waals surface area contributed by atoms with E-state index in [1.807, 2.05) is 0 Å². The highest BCUT2D eigenvalue weighted by atomic mass is 32.2. The van der Waals surface area contributed by atoms with Crippen LogP contribution in [0.4, 0.5) is 0 Å². The lowest BCUT2D eigenvalue weighted by atomic mass is 9.79. The molecule has 1 aliphatic carbocycles. The highest BCUT2D eigenvalue weighted by molar-refractivity contribution is 7.90. The van der Waals surface area contributed by atoms with Crippen molar-refractivity contribution in [3.63, 3.8) is 0 Å². The molecule has 0 aliphatic heterocycles. The molecule has 1 rings (SSSR count). The van der Waals surface area contributed by atoms with Crippen LogP contribution >= 0.6 is 0 Å². The van der Waals surface area contributed by atoms with E-state index in [4.69, 9.17) is 0 Å². The quantitative estimate of drug-likeness (QED) is 0.666. The Balaban J connectivity index is 2.76. The second kappa shape index (κ2) is 2.47. The van der Waals surface area contributed by atoms with E-state index in [1.165, 1.54) is 6.26 Å². The van der Waals surface area contributed by atoms with Gasteiger partial charge in [-0.3, -0.25) is 0 Å². The van der Waals surface area contributed by atoms with Gasteiger partial charge in [0.25, 0.3) is 0 Å². The maximum Gasteiger partial charge on any atom is 0.148 e. The fraction of sp³-hybridized carbons (Fsp3) is 1.00. The van der Waals surface area contributed by atoms with Crippen LogP contribution in [0.3, 0.4) is 0 Å². The van der Waals surface area contributed by atoms with Crippen LogP contribution in [0.5, 0.6) is 0 Å². The molecule has 0 N–H and O–H groups in total. The first-order chi connectivity index (χ1) is 5.16. The summed E-state index contributed by atoms with van der Waals surface area (Å²) in [7, 11) is -2.80. The molecule has 0 bridgehead atoms. The van der Waals surface area contributed by atoms with Gasteiger partial charge in [-0.05, 0) is 23.7 Å². The largest absolute Gasteiger partial charge is 0.229 e. The Kier molecular flexibility index (Phi) is 2.07. The molecular formula is C9H18O2S. The Hall–Kier alpha value is -0.0500.